The van der Waals surface area contributed by atoms with Crippen LogP contribution in [0.25, 0.3) is 0 Å². The van der Waals surface area contributed by atoms with Crippen molar-refractivity contribution in [1.29, 1.82) is 0 Å². The van der Waals surface area contributed by atoms with Gasteiger partial charge in [-0.05, 0) is 14.0 Å². The van der Waals surface area contributed by atoms with E-state index in [2.05, 4.69) is 11.9 Å². The number of hydrogen-bond donors (Lipinski definition) is 1. The lowest BCUT2D eigenvalue weighted by Gasteiger charge is -2.05. The van der Waals surface area contributed by atoms with Gasteiger partial charge in [0.25, 0.3) is 0 Å². The first-order valence-electron chi connectivity index (χ1n) is 3.10. The zero-order valence-corrected chi connectivity index (χ0v) is 6.08. The number of alkyl halides is 1. The summed E-state index contributed by atoms with van der Waals surface area (Å²) in [5.74, 6) is 0. The summed E-state index contributed by atoms with van der Waals surface area (Å²) in [5, 5.41) is 2.76. The Morgan fingerprint density at radius 1 is 1.78 bits per heavy atom. The van der Waals surface area contributed by atoms with Crippen molar-refractivity contribution in [2.75, 3.05) is 13.6 Å². The van der Waals surface area contributed by atoms with Crippen LogP contribution in [-0.4, -0.2) is 19.8 Å². The summed E-state index contributed by atoms with van der Waals surface area (Å²) in [6.07, 6.45) is -0.298. The molecule has 1 atom stereocenters. The minimum Gasteiger partial charge on any atom is -0.317 e. The fourth-order valence-electron chi connectivity index (χ4n) is 0.672. The fourth-order valence-corrected chi connectivity index (χ4v) is 0.672. The largest absolute Gasteiger partial charge is 0.317 e. The van der Waals surface area contributed by atoms with Gasteiger partial charge in [-0.1, -0.05) is 5.57 Å². The van der Waals surface area contributed by atoms with E-state index in [9.17, 15) is 4.39 Å². The van der Waals surface area contributed by atoms with E-state index in [1.165, 1.54) is 0 Å². The minimum atomic E-state index is -0.771. The van der Waals surface area contributed by atoms with Crippen LogP contribution in [0.3, 0.4) is 0 Å². The Kier molecular flexibility index (Phi) is 4.32. The molecule has 0 spiro atoms. The van der Waals surface area contributed by atoms with Gasteiger partial charge in [-0.25, -0.2) is 4.39 Å². The molecule has 0 radical (unpaired) electrons. The summed E-state index contributed by atoms with van der Waals surface area (Å²) < 4.78 is 12.5. The van der Waals surface area contributed by atoms with E-state index in [-0.39, 0.29) is 0 Å². The summed E-state index contributed by atoms with van der Waals surface area (Å²) in [5.41, 5.74) is 0.901. The fraction of sp³-hybridized carbons (Fsp3) is 0.714. The molecule has 0 rings (SSSR count). The number of nitrogens with one attached hydrogen (secondary N) is 1. The van der Waals surface area contributed by atoms with Crippen LogP contribution in [0.4, 0.5) is 4.39 Å². The highest BCUT2D eigenvalue weighted by atomic mass is 19.1. The first kappa shape index (κ1) is 8.63. The van der Waals surface area contributed by atoms with Crippen LogP contribution in [0, 0.1) is 0 Å². The van der Waals surface area contributed by atoms with E-state index in [0.29, 0.717) is 13.0 Å². The lowest BCUT2D eigenvalue weighted by molar-refractivity contribution is 0.324. The monoisotopic (exact) mass is 131 g/mol. The van der Waals surface area contributed by atoms with Gasteiger partial charge in [-0.3, -0.25) is 0 Å². The molecule has 0 aromatic heterocycles. The van der Waals surface area contributed by atoms with Gasteiger partial charge in [-0.2, -0.15) is 0 Å². The molecule has 0 aromatic carbocycles. The molecular weight excluding hydrogens is 117 g/mol. The number of allylic oxidation sites excluding steroid dienone is 1. The highest BCUT2D eigenvalue weighted by molar-refractivity contribution is 4.90. The number of halogens is 1. The predicted molar refractivity (Wildman–Crippen MR) is 38.3 cm³/mol. The van der Waals surface area contributed by atoms with Gasteiger partial charge in [0.05, 0.1) is 0 Å². The first-order valence-corrected chi connectivity index (χ1v) is 3.10. The molecule has 0 saturated heterocycles. The lowest BCUT2D eigenvalue weighted by Crippen LogP contribution is -2.19. The first-order chi connectivity index (χ1) is 4.16. The normalized spacial score (nSPS) is 13.2. The Morgan fingerprint density at radius 2 is 2.33 bits per heavy atom. The maximum absolute atomic E-state index is 12.5. The van der Waals surface area contributed by atoms with Crippen molar-refractivity contribution < 1.29 is 4.39 Å². The predicted octanol–water partition coefficient (Wildman–Crippen LogP) is 1.51. The summed E-state index contributed by atoms with van der Waals surface area (Å²) in [6.45, 7) is 5.87. The van der Waals surface area contributed by atoms with Crippen molar-refractivity contribution in [3.8, 4) is 0 Å². The topological polar surface area (TPSA) is 12.0 Å². The Hall–Kier alpha value is -0.370. The molecule has 0 saturated carbocycles. The SMILES string of the molecule is C=C(C)CC(F)CNC. The van der Waals surface area contributed by atoms with E-state index >= 15 is 0 Å². The molecule has 2 heteroatoms. The van der Waals surface area contributed by atoms with Gasteiger partial charge in [0.2, 0.25) is 0 Å². The van der Waals surface area contributed by atoms with Gasteiger partial charge in [0, 0.05) is 13.0 Å². The van der Waals surface area contributed by atoms with Gasteiger partial charge in [-0.15, -0.1) is 6.58 Å². The molecule has 1 nitrogen and oxygen atoms in total. The molecule has 0 aliphatic heterocycles. The second-order valence-corrected chi connectivity index (χ2v) is 2.32. The Labute approximate surface area is 56.0 Å². The standard InChI is InChI=1S/C7H14FN/c1-6(2)4-7(8)5-9-3/h7,9H,1,4-5H2,2-3H3. The molecule has 0 amide bonds. The maximum Gasteiger partial charge on any atom is 0.116 e. The summed E-state index contributed by atoms with van der Waals surface area (Å²) in [4.78, 5) is 0. The van der Waals surface area contributed by atoms with Crippen LogP contribution in [0.2, 0.25) is 0 Å². The van der Waals surface area contributed by atoms with Crippen LogP contribution in [-0.2, 0) is 0 Å². The molecule has 0 heterocycles. The molecule has 0 bridgehead atoms. The van der Waals surface area contributed by atoms with Crippen molar-refractivity contribution >= 4 is 0 Å². The van der Waals surface area contributed by atoms with Crippen molar-refractivity contribution in [2.45, 2.75) is 19.5 Å². The van der Waals surface area contributed by atoms with Crippen LogP contribution in [0.1, 0.15) is 13.3 Å². The smallest absolute Gasteiger partial charge is 0.116 e. The minimum absolute atomic E-state index is 0.423. The second kappa shape index (κ2) is 4.50. The zero-order valence-electron chi connectivity index (χ0n) is 6.08. The van der Waals surface area contributed by atoms with Crippen molar-refractivity contribution in [2.24, 2.45) is 0 Å². The molecule has 0 fully saturated rings. The van der Waals surface area contributed by atoms with E-state index < -0.39 is 6.17 Å². The van der Waals surface area contributed by atoms with E-state index in [4.69, 9.17) is 0 Å². The number of rotatable bonds is 4. The molecule has 0 aliphatic carbocycles. The van der Waals surface area contributed by atoms with Gasteiger partial charge >= 0.3 is 0 Å². The zero-order chi connectivity index (χ0) is 7.28. The molecule has 9 heavy (non-hydrogen) atoms. The van der Waals surface area contributed by atoms with Gasteiger partial charge < -0.3 is 5.32 Å². The van der Waals surface area contributed by atoms with E-state index in [0.717, 1.165) is 5.57 Å². The quantitative estimate of drug-likeness (QED) is 0.570. The molecule has 1 unspecified atom stereocenters. The third kappa shape index (κ3) is 5.50. The Morgan fingerprint density at radius 3 is 2.67 bits per heavy atom. The van der Waals surface area contributed by atoms with Crippen LogP contribution >= 0.6 is 0 Å². The second-order valence-electron chi connectivity index (χ2n) is 2.32. The lowest BCUT2D eigenvalue weighted by atomic mass is 10.2. The third-order valence-electron chi connectivity index (χ3n) is 0.996. The average molecular weight is 131 g/mol. The summed E-state index contributed by atoms with van der Waals surface area (Å²) >= 11 is 0. The van der Waals surface area contributed by atoms with E-state index in [1.54, 1.807) is 7.05 Å². The molecular formula is C7H14FN. The molecule has 0 aromatic rings. The maximum atomic E-state index is 12.5. The molecule has 0 aliphatic rings. The van der Waals surface area contributed by atoms with Gasteiger partial charge in [0.1, 0.15) is 6.17 Å². The summed E-state index contributed by atoms with van der Waals surface area (Å²) in [7, 11) is 1.74. The Balaban J connectivity index is 3.26. The van der Waals surface area contributed by atoms with Crippen molar-refractivity contribution in [1.82, 2.24) is 5.32 Å². The highest BCUT2D eigenvalue weighted by Crippen LogP contribution is 2.03. The third-order valence-corrected chi connectivity index (χ3v) is 0.996. The molecule has 1 N–H and O–H groups in total. The number of hydrogen-bond acceptors (Lipinski definition) is 1. The van der Waals surface area contributed by atoms with Crippen LogP contribution < -0.4 is 5.32 Å². The van der Waals surface area contributed by atoms with Crippen molar-refractivity contribution in [3.05, 3.63) is 12.2 Å². The molecule has 54 valence electrons. The highest BCUT2D eigenvalue weighted by Gasteiger charge is 2.02. The summed E-state index contributed by atoms with van der Waals surface area (Å²) in [6, 6.07) is 0. The van der Waals surface area contributed by atoms with Gasteiger partial charge in [0.15, 0.2) is 0 Å². The van der Waals surface area contributed by atoms with E-state index in [1.807, 2.05) is 6.92 Å². The van der Waals surface area contributed by atoms with Crippen LogP contribution in [0.5, 0.6) is 0 Å². The Bertz CT molecular complexity index is 90.9. The van der Waals surface area contributed by atoms with Crippen LogP contribution in [0.15, 0.2) is 12.2 Å². The average Bonchev–Trinajstić information content (AvgIpc) is 1.63. The van der Waals surface area contributed by atoms with Crippen molar-refractivity contribution in [3.63, 3.8) is 0 Å².